The predicted molar refractivity (Wildman–Crippen MR) is 114 cm³/mol. The van der Waals surface area contributed by atoms with E-state index < -0.39 is 0 Å². The number of ether oxygens (including phenoxy) is 1. The van der Waals surface area contributed by atoms with Gasteiger partial charge in [0.25, 0.3) is 5.91 Å². The number of carbonyl (C=O) groups is 2. The molecule has 0 atom stereocenters. The minimum absolute atomic E-state index is 0.302. The molecule has 2 amide bonds. The third-order valence-electron chi connectivity index (χ3n) is 4.04. The summed E-state index contributed by atoms with van der Waals surface area (Å²) < 4.78 is 5.15. The zero-order chi connectivity index (χ0) is 19.9. The van der Waals surface area contributed by atoms with Crippen molar-refractivity contribution in [1.82, 2.24) is 5.32 Å². The normalized spacial score (nSPS) is 10.6. The molecule has 0 radical (unpaired) electrons. The molecule has 2 N–H and O–H groups in total. The Morgan fingerprint density at radius 2 is 1.82 bits per heavy atom. The standard InChI is InChI=1S/C22H20N2O3S/c1-23-22(26)18-14-16(27-2)8-11-19(18)24-21(25)13-10-17-9-12-20(28-17)15-6-4-3-5-7-15/h3-14H,1-2H3,(H,23,26)(H,24,25). The molecule has 1 aromatic heterocycles. The number of nitrogens with one attached hydrogen (secondary N) is 2. The highest BCUT2D eigenvalue weighted by Gasteiger charge is 2.13. The highest BCUT2D eigenvalue weighted by molar-refractivity contribution is 7.16. The minimum atomic E-state index is -0.315. The molecule has 0 saturated carbocycles. The van der Waals surface area contributed by atoms with Crippen LogP contribution in [0, 0.1) is 0 Å². The Labute approximate surface area is 167 Å². The van der Waals surface area contributed by atoms with E-state index in [1.54, 1.807) is 35.6 Å². The molecule has 0 unspecified atom stereocenters. The van der Waals surface area contributed by atoms with E-state index in [1.165, 1.54) is 20.2 Å². The lowest BCUT2D eigenvalue weighted by Gasteiger charge is -2.10. The van der Waals surface area contributed by atoms with Crippen molar-refractivity contribution in [3.05, 3.63) is 77.2 Å². The molecule has 2 aromatic carbocycles. The van der Waals surface area contributed by atoms with Crippen LogP contribution in [0.5, 0.6) is 5.75 Å². The highest BCUT2D eigenvalue weighted by atomic mass is 32.1. The highest BCUT2D eigenvalue weighted by Crippen LogP contribution is 2.28. The van der Waals surface area contributed by atoms with Gasteiger partial charge in [-0.15, -0.1) is 11.3 Å². The largest absolute Gasteiger partial charge is 0.497 e. The Hall–Kier alpha value is -3.38. The third-order valence-corrected chi connectivity index (χ3v) is 5.14. The Balaban J connectivity index is 1.72. The van der Waals surface area contributed by atoms with Crippen LogP contribution in [-0.2, 0) is 4.79 Å². The van der Waals surface area contributed by atoms with Gasteiger partial charge < -0.3 is 15.4 Å². The number of hydrogen-bond acceptors (Lipinski definition) is 4. The lowest BCUT2D eigenvalue weighted by atomic mass is 10.1. The molecule has 0 saturated heterocycles. The summed E-state index contributed by atoms with van der Waals surface area (Å²) in [6.45, 7) is 0. The first-order valence-electron chi connectivity index (χ1n) is 8.65. The summed E-state index contributed by atoms with van der Waals surface area (Å²) in [5.41, 5.74) is 1.90. The number of rotatable bonds is 6. The number of benzene rings is 2. The molecule has 6 heteroatoms. The van der Waals surface area contributed by atoms with Gasteiger partial charge in [0.2, 0.25) is 5.91 Å². The van der Waals surface area contributed by atoms with Crippen LogP contribution < -0.4 is 15.4 Å². The molecular formula is C22H20N2O3S. The van der Waals surface area contributed by atoms with E-state index in [-0.39, 0.29) is 11.8 Å². The van der Waals surface area contributed by atoms with Crippen molar-refractivity contribution in [1.29, 1.82) is 0 Å². The third kappa shape index (κ3) is 4.66. The van der Waals surface area contributed by atoms with E-state index in [1.807, 2.05) is 30.3 Å². The Bertz CT molecular complexity index is 1010. The van der Waals surface area contributed by atoms with Crippen molar-refractivity contribution in [3.63, 3.8) is 0 Å². The first-order valence-corrected chi connectivity index (χ1v) is 9.47. The fourth-order valence-electron chi connectivity index (χ4n) is 2.61. The summed E-state index contributed by atoms with van der Waals surface area (Å²) >= 11 is 1.60. The number of carbonyl (C=O) groups excluding carboxylic acids is 2. The zero-order valence-corrected chi connectivity index (χ0v) is 16.4. The Morgan fingerprint density at radius 1 is 1.04 bits per heavy atom. The Kier molecular flexibility index (Phi) is 6.24. The van der Waals surface area contributed by atoms with Crippen LogP contribution in [-0.4, -0.2) is 26.0 Å². The van der Waals surface area contributed by atoms with E-state index in [9.17, 15) is 9.59 Å². The van der Waals surface area contributed by atoms with Gasteiger partial charge in [-0.05, 0) is 42.0 Å². The zero-order valence-electron chi connectivity index (χ0n) is 15.6. The van der Waals surface area contributed by atoms with Crippen LogP contribution in [0.3, 0.4) is 0 Å². The van der Waals surface area contributed by atoms with Crippen molar-refractivity contribution >= 4 is 34.9 Å². The number of amides is 2. The number of methoxy groups -OCH3 is 1. The molecule has 1 heterocycles. The van der Waals surface area contributed by atoms with E-state index in [2.05, 4.69) is 22.8 Å². The molecule has 0 spiro atoms. The van der Waals surface area contributed by atoms with Crippen LogP contribution in [0.1, 0.15) is 15.2 Å². The number of hydrogen-bond donors (Lipinski definition) is 2. The van der Waals surface area contributed by atoms with Crippen molar-refractivity contribution in [2.45, 2.75) is 0 Å². The topological polar surface area (TPSA) is 67.4 Å². The molecule has 5 nitrogen and oxygen atoms in total. The first kappa shape index (κ1) is 19.4. The summed E-state index contributed by atoms with van der Waals surface area (Å²) in [7, 11) is 3.06. The number of anilines is 1. The smallest absolute Gasteiger partial charge is 0.253 e. The number of thiophene rings is 1. The predicted octanol–water partition coefficient (Wildman–Crippen LogP) is 4.44. The fraction of sp³-hybridized carbons (Fsp3) is 0.0909. The second kappa shape index (κ2) is 9.01. The van der Waals surface area contributed by atoms with Crippen molar-refractivity contribution < 1.29 is 14.3 Å². The second-order valence-corrected chi connectivity index (χ2v) is 7.00. The molecular weight excluding hydrogens is 372 g/mol. The quantitative estimate of drug-likeness (QED) is 0.610. The average molecular weight is 392 g/mol. The summed E-state index contributed by atoms with van der Waals surface area (Å²) in [6.07, 6.45) is 3.22. The van der Waals surface area contributed by atoms with Crippen LogP contribution in [0.25, 0.3) is 16.5 Å². The molecule has 3 aromatic rings. The van der Waals surface area contributed by atoms with Gasteiger partial charge in [-0.25, -0.2) is 0 Å². The van der Waals surface area contributed by atoms with E-state index in [0.29, 0.717) is 17.0 Å². The second-order valence-electron chi connectivity index (χ2n) is 5.88. The van der Waals surface area contributed by atoms with Crippen LogP contribution in [0.15, 0.2) is 66.7 Å². The fourth-order valence-corrected chi connectivity index (χ4v) is 3.53. The van der Waals surface area contributed by atoms with Gasteiger partial charge in [0.1, 0.15) is 5.75 Å². The van der Waals surface area contributed by atoms with E-state index in [4.69, 9.17) is 4.74 Å². The average Bonchev–Trinajstić information content (AvgIpc) is 3.22. The monoisotopic (exact) mass is 392 g/mol. The SMILES string of the molecule is CNC(=O)c1cc(OC)ccc1NC(=O)C=Cc1ccc(-c2ccccc2)s1. The van der Waals surface area contributed by atoms with E-state index in [0.717, 1.165) is 15.3 Å². The summed E-state index contributed by atoms with van der Waals surface area (Å²) in [5, 5.41) is 5.31. The van der Waals surface area contributed by atoms with Gasteiger partial charge >= 0.3 is 0 Å². The lowest BCUT2D eigenvalue weighted by Crippen LogP contribution is -2.21. The van der Waals surface area contributed by atoms with Crippen molar-refractivity contribution in [2.24, 2.45) is 0 Å². The molecule has 0 fully saturated rings. The molecule has 3 rings (SSSR count). The molecule has 0 aliphatic rings. The van der Waals surface area contributed by atoms with Gasteiger partial charge in [0.15, 0.2) is 0 Å². The van der Waals surface area contributed by atoms with Gasteiger partial charge in [-0.3, -0.25) is 9.59 Å². The molecule has 0 aliphatic heterocycles. The minimum Gasteiger partial charge on any atom is -0.497 e. The summed E-state index contributed by atoms with van der Waals surface area (Å²) in [5.74, 6) is -0.0758. The molecule has 0 bridgehead atoms. The molecule has 28 heavy (non-hydrogen) atoms. The van der Waals surface area contributed by atoms with Gasteiger partial charge in [0.05, 0.1) is 18.4 Å². The van der Waals surface area contributed by atoms with Gasteiger partial charge in [-0.2, -0.15) is 0 Å². The first-order chi connectivity index (χ1) is 13.6. The van der Waals surface area contributed by atoms with Crippen LogP contribution in [0.2, 0.25) is 0 Å². The van der Waals surface area contributed by atoms with Gasteiger partial charge in [0, 0.05) is 22.9 Å². The molecule has 0 aliphatic carbocycles. The van der Waals surface area contributed by atoms with E-state index >= 15 is 0 Å². The lowest BCUT2D eigenvalue weighted by molar-refractivity contribution is -0.111. The maximum atomic E-state index is 12.3. The molecule has 142 valence electrons. The maximum absolute atomic E-state index is 12.3. The van der Waals surface area contributed by atoms with Crippen LogP contribution in [0.4, 0.5) is 5.69 Å². The Morgan fingerprint density at radius 3 is 2.54 bits per heavy atom. The summed E-state index contributed by atoms with van der Waals surface area (Å²) in [6, 6.07) is 19.0. The van der Waals surface area contributed by atoms with Crippen molar-refractivity contribution in [2.75, 3.05) is 19.5 Å². The van der Waals surface area contributed by atoms with Crippen molar-refractivity contribution in [3.8, 4) is 16.2 Å². The maximum Gasteiger partial charge on any atom is 0.253 e. The van der Waals surface area contributed by atoms with Gasteiger partial charge in [-0.1, -0.05) is 30.3 Å². The summed E-state index contributed by atoms with van der Waals surface area (Å²) in [4.78, 5) is 26.5. The van der Waals surface area contributed by atoms with Crippen LogP contribution >= 0.6 is 11.3 Å².